The number of anilines is 1. The van der Waals surface area contributed by atoms with Crippen LogP contribution in [0.25, 0.3) is 10.9 Å². The van der Waals surface area contributed by atoms with Crippen LogP contribution in [0, 0.1) is 0 Å². The Bertz CT molecular complexity index is 884. The Morgan fingerprint density at radius 1 is 1.19 bits per heavy atom. The van der Waals surface area contributed by atoms with E-state index in [0.29, 0.717) is 38.2 Å². The van der Waals surface area contributed by atoms with Crippen LogP contribution in [0.15, 0.2) is 18.3 Å². The number of alkyl carbamates (subject to hydrolysis) is 1. The molecule has 0 aliphatic rings. The number of unbranched alkanes of at least 4 members (excludes halogenated alkanes) is 1. The number of nitrogens with zero attached hydrogens (tertiary/aromatic N) is 2. The van der Waals surface area contributed by atoms with Gasteiger partial charge in [0, 0.05) is 30.8 Å². The van der Waals surface area contributed by atoms with Crippen molar-refractivity contribution >= 4 is 57.1 Å². The van der Waals surface area contributed by atoms with E-state index in [-0.39, 0.29) is 5.97 Å². The van der Waals surface area contributed by atoms with E-state index in [1.807, 2.05) is 25.2 Å². The zero-order valence-corrected chi connectivity index (χ0v) is 21.4. The van der Waals surface area contributed by atoms with E-state index in [1.54, 1.807) is 18.3 Å². The molecule has 0 radical (unpaired) electrons. The number of hydrogen-bond acceptors (Lipinski definition) is 7. The highest BCUT2D eigenvalue weighted by atomic mass is 127. The van der Waals surface area contributed by atoms with Gasteiger partial charge in [0.25, 0.3) is 0 Å². The quantitative estimate of drug-likeness (QED) is 0.181. The van der Waals surface area contributed by atoms with Crippen molar-refractivity contribution < 1.29 is 23.8 Å². The van der Waals surface area contributed by atoms with E-state index in [4.69, 9.17) is 14.2 Å². The second-order valence-corrected chi connectivity index (χ2v) is 9.80. The maximum atomic E-state index is 12.0. The number of nitrogens with one attached hydrogen (secondary N) is 2. The van der Waals surface area contributed by atoms with Gasteiger partial charge in [0.15, 0.2) is 0 Å². The topological polar surface area (TPSA) is 104 Å². The Morgan fingerprint density at radius 3 is 2.65 bits per heavy atom. The molecular formula is C20H30IN4O5P. The fraction of sp³-hybridized carbons (Fsp3) is 0.550. The van der Waals surface area contributed by atoms with Gasteiger partial charge < -0.3 is 24.8 Å². The van der Waals surface area contributed by atoms with Crippen molar-refractivity contribution in [2.24, 2.45) is 0 Å². The van der Waals surface area contributed by atoms with Crippen LogP contribution in [0.1, 0.15) is 44.0 Å². The van der Waals surface area contributed by atoms with E-state index < -0.39 is 11.7 Å². The zero-order valence-electron chi connectivity index (χ0n) is 18.3. The Morgan fingerprint density at radius 2 is 1.97 bits per heavy atom. The molecule has 0 fully saturated rings. The number of methoxy groups -OCH3 is 1. The predicted octanol–water partition coefficient (Wildman–Crippen LogP) is 4.35. The molecule has 1 heterocycles. The Labute approximate surface area is 197 Å². The summed E-state index contributed by atoms with van der Waals surface area (Å²) in [4.78, 5) is 23.6. The van der Waals surface area contributed by atoms with Crippen LogP contribution >= 0.6 is 28.4 Å². The first-order valence-electron chi connectivity index (χ1n) is 10.0. The molecule has 0 saturated carbocycles. The Hall–Kier alpha value is -1.65. The summed E-state index contributed by atoms with van der Waals surface area (Å²) in [7, 11) is 1.37. The van der Waals surface area contributed by atoms with Gasteiger partial charge >= 0.3 is 12.1 Å². The summed E-state index contributed by atoms with van der Waals surface area (Å²) >= 11 is 2.25. The molecule has 2 rings (SSSR count). The largest absolute Gasteiger partial charge is 0.465 e. The lowest BCUT2D eigenvalue weighted by Gasteiger charge is -2.19. The third kappa shape index (κ3) is 8.42. The summed E-state index contributed by atoms with van der Waals surface area (Å²) in [6, 6.07) is 3.58. The molecular weight excluding hydrogens is 534 g/mol. The number of aromatic nitrogens is 2. The zero-order chi connectivity index (χ0) is 22.9. The molecule has 0 aliphatic heterocycles. The van der Waals surface area contributed by atoms with Gasteiger partial charge in [-0.15, -0.1) is 0 Å². The Kier molecular flexibility index (Phi) is 10.2. The molecule has 31 heavy (non-hydrogen) atoms. The SMILES string of the molecule is COC(=O)c1cc(NCCOCCCCNC(=O)OC(C)(C)C)c2cnn(PI)c2c1. The number of carbonyl (C=O) groups excluding carboxylic acids is 2. The van der Waals surface area contributed by atoms with Crippen molar-refractivity contribution in [1.29, 1.82) is 0 Å². The van der Waals surface area contributed by atoms with E-state index in [2.05, 4.69) is 37.8 Å². The minimum Gasteiger partial charge on any atom is -0.465 e. The van der Waals surface area contributed by atoms with Crippen LogP contribution in [0.2, 0.25) is 0 Å². The molecule has 1 unspecified atom stereocenters. The van der Waals surface area contributed by atoms with Crippen LogP contribution in [-0.4, -0.2) is 60.6 Å². The molecule has 172 valence electrons. The lowest BCUT2D eigenvalue weighted by Crippen LogP contribution is -2.33. The van der Waals surface area contributed by atoms with Gasteiger partial charge in [-0.05, 0) is 67.8 Å². The molecule has 1 atom stereocenters. The summed E-state index contributed by atoms with van der Waals surface area (Å²) in [5.41, 5.74) is 1.70. The minimum absolute atomic E-state index is 0.384. The van der Waals surface area contributed by atoms with E-state index in [9.17, 15) is 9.59 Å². The fourth-order valence-electron chi connectivity index (χ4n) is 2.77. The number of fused-ring (bicyclic) bond motifs is 1. The second-order valence-electron chi connectivity index (χ2n) is 7.76. The van der Waals surface area contributed by atoms with Crippen molar-refractivity contribution in [3.05, 3.63) is 23.9 Å². The predicted molar refractivity (Wildman–Crippen MR) is 132 cm³/mol. The second kappa shape index (κ2) is 12.4. The van der Waals surface area contributed by atoms with Crippen molar-refractivity contribution in [1.82, 2.24) is 14.9 Å². The van der Waals surface area contributed by atoms with Crippen LogP contribution in [0.4, 0.5) is 10.5 Å². The smallest absolute Gasteiger partial charge is 0.407 e. The van der Waals surface area contributed by atoms with Gasteiger partial charge in [0.2, 0.25) is 0 Å². The normalized spacial score (nSPS) is 11.8. The van der Waals surface area contributed by atoms with Gasteiger partial charge in [0.05, 0.1) is 37.4 Å². The molecule has 11 heteroatoms. The summed E-state index contributed by atoms with van der Waals surface area (Å²) in [5.74, 6) is -0.384. The summed E-state index contributed by atoms with van der Waals surface area (Å²) in [5, 5.41) is 11.4. The highest BCUT2D eigenvalue weighted by Gasteiger charge is 2.15. The first-order chi connectivity index (χ1) is 14.7. The van der Waals surface area contributed by atoms with Gasteiger partial charge in [-0.3, -0.25) is 0 Å². The first-order valence-corrected chi connectivity index (χ1v) is 14.1. The van der Waals surface area contributed by atoms with E-state index in [1.165, 1.54) is 7.11 Å². The fourth-order valence-corrected chi connectivity index (χ4v) is 4.30. The van der Waals surface area contributed by atoms with Crippen LogP contribution < -0.4 is 10.6 Å². The number of esters is 1. The summed E-state index contributed by atoms with van der Waals surface area (Å²) in [6.07, 6.45) is 3.47. The monoisotopic (exact) mass is 564 g/mol. The van der Waals surface area contributed by atoms with E-state index >= 15 is 0 Å². The standard InChI is InChI=1S/C20H30IN4O5P/c1-20(2,3)30-19(27)23-7-5-6-9-29-10-8-22-16-11-14(18(26)28-4)12-17-15(16)13-24-25(17)31-21/h11-13,22,31H,5-10H2,1-4H3,(H,23,27). The molecule has 2 aromatic rings. The third-order valence-corrected chi connectivity index (χ3v) is 6.02. The average molecular weight is 564 g/mol. The van der Waals surface area contributed by atoms with Gasteiger partial charge in [-0.2, -0.15) is 5.10 Å². The first kappa shape index (κ1) is 25.6. The van der Waals surface area contributed by atoms with Crippen LogP contribution in [-0.2, 0) is 14.2 Å². The number of rotatable bonds is 11. The third-order valence-electron chi connectivity index (χ3n) is 4.14. The summed E-state index contributed by atoms with van der Waals surface area (Å²) < 4.78 is 17.6. The molecule has 0 saturated heterocycles. The maximum absolute atomic E-state index is 12.0. The summed E-state index contributed by atoms with van der Waals surface area (Å²) in [6.45, 7) is 7.77. The van der Waals surface area contributed by atoms with Gasteiger partial charge in [-0.25, -0.2) is 14.0 Å². The maximum Gasteiger partial charge on any atom is 0.407 e. The van der Waals surface area contributed by atoms with Crippen molar-refractivity contribution in [2.75, 3.05) is 38.7 Å². The molecule has 1 aromatic carbocycles. The highest BCUT2D eigenvalue weighted by molar-refractivity contribution is 14.2. The molecule has 9 nitrogen and oxygen atoms in total. The molecule has 0 spiro atoms. The van der Waals surface area contributed by atoms with E-state index in [0.717, 1.165) is 29.4 Å². The number of hydrogen-bond donors (Lipinski definition) is 2. The average Bonchev–Trinajstić information content (AvgIpc) is 3.13. The number of amides is 1. The Balaban J connectivity index is 1.73. The van der Waals surface area contributed by atoms with Crippen molar-refractivity contribution in [2.45, 2.75) is 39.2 Å². The molecule has 0 bridgehead atoms. The van der Waals surface area contributed by atoms with Gasteiger partial charge in [0.1, 0.15) is 5.60 Å². The molecule has 1 amide bonds. The van der Waals surface area contributed by atoms with Crippen LogP contribution in [0.3, 0.4) is 0 Å². The number of ether oxygens (including phenoxy) is 3. The lowest BCUT2D eigenvalue weighted by atomic mass is 10.1. The lowest BCUT2D eigenvalue weighted by molar-refractivity contribution is 0.0523. The van der Waals surface area contributed by atoms with Crippen LogP contribution in [0.5, 0.6) is 0 Å². The highest BCUT2D eigenvalue weighted by Crippen LogP contribution is 2.32. The number of carbonyl (C=O) groups is 2. The molecule has 2 N–H and O–H groups in total. The molecule has 0 aliphatic carbocycles. The van der Waals surface area contributed by atoms with Crippen molar-refractivity contribution in [3.63, 3.8) is 0 Å². The van der Waals surface area contributed by atoms with Gasteiger partial charge in [-0.1, -0.05) is 0 Å². The number of benzene rings is 1. The van der Waals surface area contributed by atoms with Crippen molar-refractivity contribution in [3.8, 4) is 0 Å². The molecule has 1 aromatic heterocycles. The number of halogens is 1. The minimum atomic E-state index is -0.489.